The van der Waals surface area contributed by atoms with Gasteiger partial charge in [0.05, 0.1) is 5.39 Å². The first-order valence-corrected chi connectivity index (χ1v) is 5.40. The van der Waals surface area contributed by atoms with Crippen LogP contribution in [0.15, 0.2) is 23.1 Å². The summed E-state index contributed by atoms with van der Waals surface area (Å²) in [6.45, 7) is 4.81. The van der Waals surface area contributed by atoms with Crippen molar-refractivity contribution in [3.8, 4) is 0 Å². The Bertz CT molecular complexity index is 592. The highest BCUT2D eigenvalue weighted by molar-refractivity contribution is 5.86. The third-order valence-corrected chi connectivity index (χ3v) is 2.31. The summed E-state index contributed by atoms with van der Waals surface area (Å²) >= 11 is 0. The number of hydrogen-bond acceptors (Lipinski definition) is 5. The maximum atomic E-state index is 11.4. The molecular formula is C11H14N4O2. The largest absolute Gasteiger partial charge is 0.422 e. The summed E-state index contributed by atoms with van der Waals surface area (Å²) < 4.78 is 0.454. The van der Waals surface area contributed by atoms with E-state index in [4.69, 9.17) is 0 Å². The van der Waals surface area contributed by atoms with Crippen molar-refractivity contribution in [3.63, 3.8) is 0 Å². The fourth-order valence-electron chi connectivity index (χ4n) is 1.48. The van der Waals surface area contributed by atoms with Gasteiger partial charge in [-0.1, -0.05) is 13.8 Å². The summed E-state index contributed by atoms with van der Waals surface area (Å²) in [5.74, 6) is 0.886. The van der Waals surface area contributed by atoms with Gasteiger partial charge in [0.25, 0.3) is 0 Å². The first-order chi connectivity index (χ1) is 8.09. The molecular weight excluding hydrogens is 220 g/mol. The predicted molar refractivity (Wildman–Crippen MR) is 64.3 cm³/mol. The Kier molecular flexibility index (Phi) is 2.95. The van der Waals surface area contributed by atoms with E-state index in [1.807, 2.05) is 0 Å². The fraction of sp³-hybridized carbons (Fsp3) is 0.364. The summed E-state index contributed by atoms with van der Waals surface area (Å²) in [5.41, 5.74) is -0.527. The van der Waals surface area contributed by atoms with Crippen LogP contribution in [0.2, 0.25) is 0 Å². The summed E-state index contributed by atoms with van der Waals surface area (Å²) in [5, 5.41) is 13.2. The van der Waals surface area contributed by atoms with Crippen LogP contribution in [-0.4, -0.2) is 26.5 Å². The van der Waals surface area contributed by atoms with Gasteiger partial charge in [-0.3, -0.25) is 0 Å². The first-order valence-electron chi connectivity index (χ1n) is 5.40. The number of pyridine rings is 1. The molecule has 0 radical (unpaired) electrons. The highest BCUT2D eigenvalue weighted by Gasteiger charge is 2.10. The van der Waals surface area contributed by atoms with Gasteiger partial charge < -0.3 is 10.5 Å². The van der Waals surface area contributed by atoms with Gasteiger partial charge in [0.2, 0.25) is 0 Å². The molecule has 6 nitrogen and oxygen atoms in total. The summed E-state index contributed by atoms with van der Waals surface area (Å²) in [4.78, 5) is 19.2. The average Bonchev–Trinajstić information content (AvgIpc) is 2.32. The van der Waals surface area contributed by atoms with E-state index < -0.39 is 5.69 Å². The third kappa shape index (κ3) is 2.20. The molecule has 0 amide bonds. The molecule has 90 valence electrons. The van der Waals surface area contributed by atoms with Gasteiger partial charge in [0.15, 0.2) is 5.65 Å². The van der Waals surface area contributed by atoms with Gasteiger partial charge in [0, 0.05) is 12.7 Å². The van der Waals surface area contributed by atoms with E-state index in [9.17, 15) is 10.0 Å². The average molecular weight is 234 g/mol. The molecule has 0 aliphatic heterocycles. The van der Waals surface area contributed by atoms with Crippen molar-refractivity contribution in [3.05, 3.63) is 28.8 Å². The minimum absolute atomic E-state index is 0.207. The SMILES string of the molecule is CC(C)CNc1nc(=O)n(O)c2ncccc12. The zero-order valence-electron chi connectivity index (χ0n) is 9.71. The Labute approximate surface area is 97.9 Å². The molecule has 2 aromatic heterocycles. The molecule has 0 fully saturated rings. The molecule has 0 bridgehead atoms. The zero-order valence-corrected chi connectivity index (χ0v) is 9.71. The molecule has 0 aliphatic rings. The number of hydrogen-bond donors (Lipinski definition) is 2. The first kappa shape index (κ1) is 11.4. The highest BCUT2D eigenvalue weighted by Crippen LogP contribution is 2.16. The molecule has 0 spiro atoms. The number of nitrogens with zero attached hydrogens (tertiary/aromatic N) is 3. The normalized spacial score (nSPS) is 11.0. The molecule has 0 atom stereocenters. The topological polar surface area (TPSA) is 80.0 Å². The minimum Gasteiger partial charge on any atom is -0.422 e. The second-order valence-corrected chi connectivity index (χ2v) is 4.20. The molecule has 2 rings (SSSR count). The zero-order chi connectivity index (χ0) is 12.4. The van der Waals surface area contributed by atoms with Crippen LogP contribution in [0, 0.1) is 5.92 Å². The van der Waals surface area contributed by atoms with Crippen LogP contribution in [0.25, 0.3) is 11.0 Å². The molecule has 0 aromatic carbocycles. The van der Waals surface area contributed by atoms with E-state index in [1.165, 1.54) is 6.20 Å². The van der Waals surface area contributed by atoms with Crippen LogP contribution in [0.5, 0.6) is 0 Å². The second-order valence-electron chi connectivity index (χ2n) is 4.20. The Morgan fingerprint density at radius 3 is 3.00 bits per heavy atom. The third-order valence-electron chi connectivity index (χ3n) is 2.31. The Morgan fingerprint density at radius 2 is 2.29 bits per heavy atom. The molecule has 0 saturated carbocycles. The minimum atomic E-state index is -0.734. The van der Waals surface area contributed by atoms with Gasteiger partial charge in [-0.15, -0.1) is 4.73 Å². The molecule has 17 heavy (non-hydrogen) atoms. The van der Waals surface area contributed by atoms with Gasteiger partial charge in [-0.25, -0.2) is 9.78 Å². The smallest absolute Gasteiger partial charge is 0.384 e. The summed E-state index contributed by atoms with van der Waals surface area (Å²) in [7, 11) is 0. The molecule has 2 heterocycles. The molecule has 0 unspecified atom stereocenters. The predicted octanol–water partition coefficient (Wildman–Crippen LogP) is 1.10. The quantitative estimate of drug-likeness (QED) is 0.777. The van der Waals surface area contributed by atoms with Crippen LogP contribution in [-0.2, 0) is 0 Å². The highest BCUT2D eigenvalue weighted by atomic mass is 16.5. The van der Waals surface area contributed by atoms with Crippen LogP contribution in [0.1, 0.15) is 13.8 Å². The van der Waals surface area contributed by atoms with E-state index in [2.05, 4.69) is 29.1 Å². The van der Waals surface area contributed by atoms with E-state index in [0.717, 1.165) is 0 Å². The van der Waals surface area contributed by atoms with E-state index >= 15 is 0 Å². The van der Waals surface area contributed by atoms with Crippen LogP contribution in [0.3, 0.4) is 0 Å². The van der Waals surface area contributed by atoms with Crippen molar-refractivity contribution in [1.82, 2.24) is 14.7 Å². The summed E-state index contributed by atoms with van der Waals surface area (Å²) in [6.07, 6.45) is 1.51. The lowest BCUT2D eigenvalue weighted by Gasteiger charge is -2.10. The van der Waals surface area contributed by atoms with Gasteiger partial charge in [-0.2, -0.15) is 4.98 Å². The number of rotatable bonds is 3. The van der Waals surface area contributed by atoms with Crippen molar-refractivity contribution in [2.75, 3.05) is 11.9 Å². The van der Waals surface area contributed by atoms with Crippen LogP contribution in [0.4, 0.5) is 5.82 Å². The lowest BCUT2D eigenvalue weighted by Crippen LogP contribution is -2.24. The van der Waals surface area contributed by atoms with Crippen molar-refractivity contribution in [2.24, 2.45) is 5.92 Å². The molecule has 6 heteroatoms. The standard InChI is InChI=1S/C11H14N4O2/c1-7(2)6-13-9-8-4-3-5-12-10(8)15(17)11(16)14-9/h3-5,7,17H,6H2,1-2H3,(H,13,14,16). The van der Waals surface area contributed by atoms with Crippen LogP contribution >= 0.6 is 0 Å². The monoisotopic (exact) mass is 234 g/mol. The number of nitrogens with one attached hydrogen (secondary N) is 1. The second kappa shape index (κ2) is 4.40. The number of anilines is 1. The van der Waals surface area contributed by atoms with Crippen molar-refractivity contribution in [2.45, 2.75) is 13.8 Å². The molecule has 2 N–H and O–H groups in total. The van der Waals surface area contributed by atoms with Crippen molar-refractivity contribution < 1.29 is 5.21 Å². The molecule has 2 aromatic rings. The van der Waals surface area contributed by atoms with Gasteiger partial charge in [-0.05, 0) is 18.1 Å². The van der Waals surface area contributed by atoms with Gasteiger partial charge >= 0.3 is 5.69 Å². The lowest BCUT2D eigenvalue weighted by molar-refractivity contribution is 0.182. The maximum Gasteiger partial charge on any atom is 0.384 e. The Balaban J connectivity index is 2.55. The Morgan fingerprint density at radius 1 is 1.53 bits per heavy atom. The van der Waals surface area contributed by atoms with E-state index in [0.29, 0.717) is 28.4 Å². The molecule has 0 aliphatic carbocycles. The van der Waals surface area contributed by atoms with Gasteiger partial charge in [0.1, 0.15) is 5.82 Å². The van der Waals surface area contributed by atoms with E-state index in [-0.39, 0.29) is 5.65 Å². The lowest BCUT2D eigenvalue weighted by atomic mass is 10.2. The number of fused-ring (bicyclic) bond motifs is 1. The Hall–Kier alpha value is -2.11. The van der Waals surface area contributed by atoms with Crippen molar-refractivity contribution >= 4 is 16.9 Å². The van der Waals surface area contributed by atoms with E-state index in [1.54, 1.807) is 12.1 Å². The molecule has 0 saturated heterocycles. The van der Waals surface area contributed by atoms with Crippen LogP contribution < -0.4 is 11.0 Å². The summed E-state index contributed by atoms with van der Waals surface area (Å²) in [6, 6.07) is 3.49. The fourth-order valence-corrected chi connectivity index (χ4v) is 1.48. The maximum absolute atomic E-state index is 11.4. The number of aromatic nitrogens is 3. The van der Waals surface area contributed by atoms with Crippen molar-refractivity contribution in [1.29, 1.82) is 0 Å².